The second-order valence-corrected chi connectivity index (χ2v) is 36.1. The van der Waals surface area contributed by atoms with Gasteiger partial charge in [0.15, 0.2) is 0 Å². The third-order valence-corrected chi connectivity index (χ3v) is 23.7. The smallest absolute Gasteiger partial charge is 0.403 e. The van der Waals surface area contributed by atoms with Gasteiger partial charge in [-0.25, -0.2) is 23.9 Å². The van der Waals surface area contributed by atoms with Gasteiger partial charge in [0.2, 0.25) is 53.2 Å². The average molecular weight is 2110 g/mol. The van der Waals surface area contributed by atoms with Gasteiger partial charge >= 0.3 is 49.5 Å². The number of carboxylic acids is 7. The van der Waals surface area contributed by atoms with Crippen LogP contribution in [0.4, 0.5) is 5.69 Å². The van der Waals surface area contributed by atoms with Gasteiger partial charge in [-0.15, -0.1) is 5.10 Å². The quantitative estimate of drug-likeness (QED) is 0.0171. The summed E-state index contributed by atoms with van der Waals surface area (Å²) >= 11 is 2.22. The van der Waals surface area contributed by atoms with Crippen molar-refractivity contribution in [3.05, 3.63) is 87.5 Å². The fourth-order valence-electron chi connectivity index (χ4n) is 14.5. The predicted molar refractivity (Wildman–Crippen MR) is 515 cm³/mol. The fraction of sp³-hybridized carbons (Fsp3) is 0.604. The van der Waals surface area contributed by atoms with E-state index in [1.54, 1.807) is 32.4 Å². The van der Waals surface area contributed by atoms with E-state index in [9.17, 15) is 107 Å². The summed E-state index contributed by atoms with van der Waals surface area (Å²) in [5, 5.41) is 104. The number of para-hydroxylation sites is 1. The Bertz CT molecular complexity index is 4640. The topological polar surface area (TPSA) is 671 Å². The first kappa shape index (κ1) is 119. The lowest BCUT2D eigenvalue weighted by molar-refractivity contribution is -0.143. The summed E-state index contributed by atoms with van der Waals surface area (Å²) in [6.07, 6.45) is 2.86. The van der Waals surface area contributed by atoms with Crippen molar-refractivity contribution >= 4 is 131 Å². The standard InChI is InChI=1S/C91H137IN17O30P/c1-63(15-13-48-139-140(133,134)104-72(91(131)132)30-34-82(118)119)57-79(115)97-38-12-21-70(89(127)128)101-77(113)23-3-2-9-36-96-75(111)31-29-69(88(126)102-71(90(129)130)20-8-10-37-95-74(110)24-11-16-64-25-27-66(92)28-26-64)100-78(114)35-49-135-51-53-137-55-56-138-54-52-136-50-42-99-76(112)32-33-81(117)108-60-65-17-4-5-18-67(65)87-86(68-19-6-7-22-73(68)108)103-105-109(87)43-14-39-98-80(116)61-106(44-40-93-58-83(120)121)46-47-107(62-85(124)125)45-41-94-59-84(122)123/h4-7,17-19,22,25-28,63,69-72,93-94H,2-3,8-16,20-21,23-24,29-62H2,1H3,(H,95,110)(H,96,111)(H,97,115)(H,98,116)(H,99,112)(H,100,114)(H,101,113)(H,102,126)(H,118,119)(H,120,121)(H,122,123)(H,124,125)(H,127,128)(H,129,130)(H,131,132)(H2,104,133,134)/t63-,69?,70+,71?,72+/m1/s1. The molecule has 19 N–H and O–H groups in total. The molecule has 49 heteroatoms. The summed E-state index contributed by atoms with van der Waals surface area (Å²) in [7, 11) is -4.59. The second kappa shape index (κ2) is 68.8. The molecule has 1 aliphatic rings. The molecule has 140 heavy (non-hydrogen) atoms. The minimum Gasteiger partial charge on any atom is -0.481 e. The van der Waals surface area contributed by atoms with E-state index in [4.69, 9.17) is 38.8 Å². The van der Waals surface area contributed by atoms with Gasteiger partial charge in [-0.3, -0.25) is 81.4 Å². The molecule has 1 aromatic heterocycles. The van der Waals surface area contributed by atoms with Crippen LogP contribution in [0.25, 0.3) is 22.5 Å². The lowest BCUT2D eigenvalue weighted by Gasteiger charge is -2.28. The number of nitrogens with zero attached hydrogens (tertiary/aromatic N) is 6. The number of carbonyl (C=O) groups is 16. The molecule has 3 aromatic carbocycles. The van der Waals surface area contributed by atoms with Crippen LogP contribution in [0, 0.1) is 9.49 Å². The molecule has 0 saturated carbocycles. The molecule has 9 amide bonds. The van der Waals surface area contributed by atoms with Gasteiger partial charge in [-0.2, -0.15) is 0 Å². The highest BCUT2D eigenvalue weighted by molar-refractivity contribution is 14.1. The molecule has 47 nitrogen and oxygen atoms in total. The number of fused-ring (bicyclic) bond motifs is 5. The molecule has 1 aliphatic heterocycles. The number of unbranched alkanes of at least 4 members (excludes halogenated alkanes) is 3. The van der Waals surface area contributed by atoms with Crippen molar-refractivity contribution in [2.75, 3.05) is 163 Å². The van der Waals surface area contributed by atoms with Crippen LogP contribution in [0.5, 0.6) is 0 Å². The highest BCUT2D eigenvalue weighted by Crippen LogP contribution is 2.42. The lowest BCUT2D eigenvalue weighted by Crippen LogP contribution is -2.52. The van der Waals surface area contributed by atoms with Crippen LogP contribution in [-0.2, 0) is 124 Å². The van der Waals surface area contributed by atoms with E-state index in [0.29, 0.717) is 87.0 Å². The Hall–Kier alpha value is -11.2. The zero-order valence-electron chi connectivity index (χ0n) is 79.0. The van der Waals surface area contributed by atoms with Gasteiger partial charge in [0.25, 0.3) is 0 Å². The molecule has 2 heterocycles. The van der Waals surface area contributed by atoms with Crippen molar-refractivity contribution in [2.24, 2.45) is 5.92 Å². The number of anilines is 1. The average Bonchev–Trinajstić information content (AvgIpc) is 1.58. The maximum atomic E-state index is 14.2. The van der Waals surface area contributed by atoms with Crippen LogP contribution >= 0.6 is 30.3 Å². The minimum atomic E-state index is -4.59. The van der Waals surface area contributed by atoms with Crippen molar-refractivity contribution in [1.82, 2.24) is 83.0 Å². The molecule has 0 spiro atoms. The third kappa shape index (κ3) is 52.4. The number of rotatable bonds is 80. The maximum Gasteiger partial charge on any atom is 0.403 e. The van der Waals surface area contributed by atoms with E-state index in [1.807, 2.05) is 71.8 Å². The second-order valence-electron chi connectivity index (χ2n) is 33.3. The summed E-state index contributed by atoms with van der Waals surface area (Å²) in [5.74, 6) is -12.8. The highest BCUT2D eigenvalue weighted by Gasteiger charge is 2.33. The van der Waals surface area contributed by atoms with Crippen molar-refractivity contribution in [3.8, 4) is 22.5 Å². The summed E-state index contributed by atoms with van der Waals surface area (Å²) in [6, 6.07) is 17.2. The number of aryl methyl sites for hydroxylation is 2. The Morgan fingerprint density at radius 3 is 1.61 bits per heavy atom. The molecule has 3 unspecified atom stereocenters. The molecule has 778 valence electrons. The molecule has 0 aliphatic carbocycles. The predicted octanol–water partition coefficient (Wildman–Crippen LogP) is 2.08. The number of halogens is 1. The summed E-state index contributed by atoms with van der Waals surface area (Å²) in [5.41, 5.74) is 5.11. The van der Waals surface area contributed by atoms with Crippen molar-refractivity contribution in [3.63, 3.8) is 0 Å². The Labute approximate surface area is 825 Å². The van der Waals surface area contributed by atoms with Crippen LogP contribution in [-0.4, -0.2) is 342 Å². The van der Waals surface area contributed by atoms with Gasteiger partial charge < -0.3 is 118 Å². The first-order valence-corrected chi connectivity index (χ1v) is 49.6. The molecule has 0 radical (unpaired) electrons. The van der Waals surface area contributed by atoms with Gasteiger partial charge in [0.1, 0.15) is 29.9 Å². The van der Waals surface area contributed by atoms with E-state index in [0.717, 1.165) is 26.7 Å². The number of hydrogen-bond acceptors (Lipinski definition) is 28. The Morgan fingerprint density at radius 2 is 0.971 bits per heavy atom. The van der Waals surface area contributed by atoms with E-state index in [1.165, 1.54) is 0 Å². The number of nitrogens with one attached hydrogen (secondary N) is 11. The summed E-state index contributed by atoms with van der Waals surface area (Å²) in [4.78, 5) is 214. The SMILES string of the molecule is C[C@H](CCCOP(=O)(O)N[C@@H](CCC(=O)O)C(=O)O)CC(=O)NCCC[C@H](NC(=O)CCCCCNC(=O)CCC(NC(=O)CCOCCOCCOCCOCCNC(=O)CCC(=O)N1Cc2ccccc2-c2c(nnn2CCCNC(=O)CN(CCNCC(=O)O)CCN(CCNCC(=O)O)CC(=O)O)-c2ccccc21)C(=O)NC(CCCCNC(=O)CCCc1ccc(I)cc1)C(=O)O)C(=O)O. The Balaban J connectivity index is 0.976. The Morgan fingerprint density at radius 1 is 0.443 bits per heavy atom. The van der Waals surface area contributed by atoms with Crippen LogP contribution in [0.1, 0.15) is 159 Å². The van der Waals surface area contributed by atoms with Gasteiger partial charge in [-0.1, -0.05) is 73.2 Å². The van der Waals surface area contributed by atoms with Gasteiger partial charge in [-0.05, 0) is 148 Å². The molecule has 0 bridgehead atoms. The van der Waals surface area contributed by atoms with Crippen LogP contribution in [0.2, 0.25) is 0 Å². The van der Waals surface area contributed by atoms with Crippen LogP contribution in [0.3, 0.4) is 0 Å². The molecular weight excluding hydrogens is 1970 g/mol. The largest absolute Gasteiger partial charge is 0.481 e. The third-order valence-electron chi connectivity index (χ3n) is 21.8. The lowest BCUT2D eigenvalue weighted by atomic mass is 9.95. The first-order valence-electron chi connectivity index (χ1n) is 46.9. The van der Waals surface area contributed by atoms with Crippen LogP contribution in [0.15, 0.2) is 72.8 Å². The number of aromatic nitrogens is 3. The number of hydrogen-bond donors (Lipinski definition) is 19. The van der Waals surface area contributed by atoms with E-state index in [2.05, 4.69) is 86.1 Å². The fourth-order valence-corrected chi connectivity index (χ4v) is 15.9. The van der Waals surface area contributed by atoms with Crippen molar-refractivity contribution in [1.29, 1.82) is 0 Å². The van der Waals surface area contributed by atoms with E-state index < -0.39 is 110 Å². The normalized spacial score (nSPS) is 13.1. The molecule has 0 fully saturated rings. The summed E-state index contributed by atoms with van der Waals surface area (Å²) < 4.78 is 42.6. The number of carboxylic acid groups (broad SMARTS) is 7. The number of carbonyl (C=O) groups excluding carboxylic acids is 9. The molecular formula is C91H137IN17O30P. The summed E-state index contributed by atoms with van der Waals surface area (Å²) in [6.45, 7) is 4.41. The molecule has 4 aromatic rings. The number of amides is 9. The monoisotopic (exact) mass is 2110 g/mol. The minimum absolute atomic E-state index is 0.00512. The number of aliphatic carboxylic acids is 7. The van der Waals surface area contributed by atoms with Crippen LogP contribution < -0.4 is 63.2 Å². The Kier molecular flexibility index (Phi) is 58.7. The van der Waals surface area contributed by atoms with Crippen molar-refractivity contribution < 1.29 is 145 Å². The highest BCUT2D eigenvalue weighted by atomic mass is 127. The maximum absolute atomic E-state index is 14.2. The zero-order chi connectivity index (χ0) is 102. The molecule has 0 saturated heterocycles. The molecule has 5 rings (SSSR count). The van der Waals surface area contributed by atoms with Gasteiger partial charge in [0, 0.05) is 145 Å². The van der Waals surface area contributed by atoms with Gasteiger partial charge in [0.05, 0.1) is 104 Å². The van der Waals surface area contributed by atoms with Crippen molar-refractivity contribution in [2.45, 2.75) is 192 Å². The van der Waals surface area contributed by atoms with E-state index >= 15 is 0 Å². The van der Waals surface area contributed by atoms with E-state index in [-0.39, 0.29) is 270 Å². The first-order chi connectivity index (χ1) is 67.1. The number of ether oxygens (including phenoxy) is 4. The molecule has 6 atom stereocenters. The number of benzene rings is 3. The zero-order valence-corrected chi connectivity index (χ0v) is 82.1.